The van der Waals surface area contributed by atoms with Gasteiger partial charge in [-0.1, -0.05) is 70.8 Å². The fourth-order valence-corrected chi connectivity index (χ4v) is 7.01. The summed E-state index contributed by atoms with van der Waals surface area (Å²) in [4.78, 5) is 18.4. The van der Waals surface area contributed by atoms with E-state index in [1.807, 2.05) is 24.3 Å². The van der Waals surface area contributed by atoms with Gasteiger partial charge in [-0.3, -0.25) is 20.0 Å². The van der Waals surface area contributed by atoms with Gasteiger partial charge in [-0.05, 0) is 152 Å². The smallest absolute Gasteiger partial charge is 0.418 e. The third-order valence-electron chi connectivity index (χ3n) is 9.26. The van der Waals surface area contributed by atoms with Gasteiger partial charge in [-0.2, -0.15) is 0 Å². The average molecular weight is 1130 g/mol. The van der Waals surface area contributed by atoms with Crippen LogP contribution in [0.25, 0.3) is 0 Å². The van der Waals surface area contributed by atoms with Crippen LogP contribution in [-0.2, 0) is 44.8 Å². The third-order valence-corrected chi connectivity index (χ3v) is 9.26. The fraction of sp³-hybridized carbons (Fsp3) is 0.250. The number of aromatic nitrogens is 4. The molecule has 0 unspecified atom stereocenters. The molecule has 0 aliphatic heterocycles. The summed E-state index contributed by atoms with van der Waals surface area (Å²) in [6.45, 7) is 25.0. The summed E-state index contributed by atoms with van der Waals surface area (Å²) in [5.41, 5.74) is 21.1. The zero-order valence-electron chi connectivity index (χ0n) is 39.6. The summed E-state index contributed by atoms with van der Waals surface area (Å²) in [6.07, 6.45) is 7.03. The van der Waals surface area contributed by atoms with Crippen LogP contribution in [-0.4, -0.2) is 59.8 Å². The van der Waals surface area contributed by atoms with E-state index in [-0.39, 0.29) is 44.8 Å². The van der Waals surface area contributed by atoms with Crippen LogP contribution in [0, 0.1) is 83.1 Å². The molecule has 0 saturated heterocycles. The minimum atomic E-state index is -6.00. The van der Waals surface area contributed by atoms with E-state index in [0.29, 0.717) is 0 Å². The van der Waals surface area contributed by atoms with Crippen LogP contribution in [0.5, 0.6) is 0 Å². The minimum absolute atomic E-state index is 0. The van der Waals surface area contributed by atoms with Crippen LogP contribution in [0.1, 0.15) is 89.5 Å². The molecular formula is C48H52Ag2B2F8N8. The van der Waals surface area contributed by atoms with E-state index < -0.39 is 14.5 Å². The predicted molar refractivity (Wildman–Crippen MR) is 256 cm³/mol. The Bertz CT molecular complexity index is 2260. The van der Waals surface area contributed by atoms with Crippen molar-refractivity contribution in [2.45, 2.75) is 83.1 Å². The first-order valence-electron chi connectivity index (χ1n) is 20.6. The average Bonchev–Trinajstić information content (AvgIpc) is 3.16. The van der Waals surface area contributed by atoms with Gasteiger partial charge in [-0.15, -0.1) is 20.4 Å². The molecule has 6 aromatic rings. The molecule has 2 heterocycles. The molecule has 6 rings (SSSR count). The number of rotatable bonds is 8. The van der Waals surface area contributed by atoms with E-state index in [1.54, 1.807) is 24.9 Å². The van der Waals surface area contributed by atoms with Gasteiger partial charge >= 0.3 is 59.3 Å². The number of halogens is 8. The first-order valence-corrected chi connectivity index (χ1v) is 20.6. The quantitative estimate of drug-likeness (QED) is 0.0861. The molecule has 0 fully saturated rings. The van der Waals surface area contributed by atoms with Crippen molar-refractivity contribution in [1.82, 2.24) is 20.4 Å². The maximum absolute atomic E-state index is 9.75. The van der Waals surface area contributed by atoms with E-state index in [9.17, 15) is 34.5 Å². The van der Waals surface area contributed by atoms with Crippen LogP contribution in [0.3, 0.4) is 0 Å². The zero-order chi connectivity index (χ0) is 49.5. The molecule has 0 amide bonds. The molecule has 0 aliphatic rings. The number of hydrogen-bond donors (Lipinski definition) is 0. The number of aliphatic imine (C=N–C) groups is 4. The predicted octanol–water partition coefficient (Wildman–Crippen LogP) is 14.3. The number of nitrogens with zero attached hydrogens (tertiary/aromatic N) is 8. The van der Waals surface area contributed by atoms with Crippen LogP contribution < -0.4 is 0 Å². The second-order valence-electron chi connectivity index (χ2n) is 15.8. The third kappa shape index (κ3) is 22.3. The van der Waals surface area contributed by atoms with E-state index in [2.05, 4.69) is 172 Å². The van der Waals surface area contributed by atoms with Crippen molar-refractivity contribution in [3.8, 4) is 0 Å². The van der Waals surface area contributed by atoms with Gasteiger partial charge in [-0.25, -0.2) is 0 Å². The molecule has 0 spiro atoms. The molecule has 20 heteroatoms. The Morgan fingerprint density at radius 2 is 0.441 bits per heavy atom. The Labute approximate surface area is 424 Å². The second kappa shape index (κ2) is 27.7. The number of benzene rings is 4. The van der Waals surface area contributed by atoms with Crippen LogP contribution >= 0.6 is 0 Å². The first kappa shape index (κ1) is 60.8. The topological polar surface area (TPSA) is 101 Å². The van der Waals surface area contributed by atoms with Gasteiger partial charge < -0.3 is 34.5 Å². The second-order valence-corrected chi connectivity index (χ2v) is 15.8. The molecule has 2 aromatic heterocycles. The maximum Gasteiger partial charge on any atom is 1.00 e. The van der Waals surface area contributed by atoms with Crippen molar-refractivity contribution in [2.75, 3.05) is 0 Å². The van der Waals surface area contributed by atoms with Gasteiger partial charge in [0.1, 0.15) is 22.8 Å². The molecule has 4 aromatic carbocycles. The Hall–Kier alpha value is -5.23. The van der Waals surface area contributed by atoms with E-state index >= 15 is 0 Å². The zero-order valence-corrected chi connectivity index (χ0v) is 42.6. The van der Waals surface area contributed by atoms with Crippen molar-refractivity contribution in [1.29, 1.82) is 0 Å². The van der Waals surface area contributed by atoms with Gasteiger partial charge in [0.25, 0.3) is 0 Å². The van der Waals surface area contributed by atoms with Crippen molar-refractivity contribution in [3.05, 3.63) is 162 Å². The molecule has 368 valence electrons. The molecule has 0 radical (unpaired) electrons. The Morgan fingerprint density at radius 3 is 0.559 bits per heavy atom. The summed E-state index contributed by atoms with van der Waals surface area (Å²) in [5.74, 6) is 0. The first-order chi connectivity index (χ1) is 30.7. The summed E-state index contributed by atoms with van der Waals surface area (Å²) in [6, 6.07) is 24.7. The summed E-state index contributed by atoms with van der Waals surface area (Å²) in [5, 5.41) is 17.0. The molecule has 8 nitrogen and oxygen atoms in total. The van der Waals surface area contributed by atoms with Gasteiger partial charge in [0.15, 0.2) is 0 Å². The minimum Gasteiger partial charge on any atom is -0.418 e. The summed E-state index contributed by atoms with van der Waals surface area (Å²) >= 11 is 0. The summed E-state index contributed by atoms with van der Waals surface area (Å²) < 4.78 is 78.0. The maximum atomic E-state index is 9.75. The van der Waals surface area contributed by atoms with Gasteiger partial charge in [0.2, 0.25) is 0 Å². The van der Waals surface area contributed by atoms with Crippen molar-refractivity contribution in [3.63, 3.8) is 0 Å². The van der Waals surface area contributed by atoms with E-state index in [4.69, 9.17) is 0 Å². The van der Waals surface area contributed by atoms with Gasteiger partial charge in [0.05, 0.1) is 47.6 Å². The van der Waals surface area contributed by atoms with Crippen LogP contribution in [0.2, 0.25) is 0 Å². The molecule has 0 saturated carbocycles. The van der Waals surface area contributed by atoms with Crippen LogP contribution in [0.15, 0.2) is 92.8 Å². The Morgan fingerprint density at radius 1 is 0.309 bits per heavy atom. The van der Waals surface area contributed by atoms with Crippen molar-refractivity contribution >= 4 is 62.1 Å². The normalized spacial score (nSPS) is 11.4. The van der Waals surface area contributed by atoms with E-state index in [0.717, 1.165) is 90.0 Å². The molecule has 0 bridgehead atoms. The molecule has 0 atom stereocenters. The van der Waals surface area contributed by atoms with Crippen molar-refractivity contribution < 1.29 is 79.3 Å². The largest absolute Gasteiger partial charge is 1.00 e. The molecule has 68 heavy (non-hydrogen) atoms. The van der Waals surface area contributed by atoms with Crippen molar-refractivity contribution in [2.24, 2.45) is 20.0 Å². The SMILES string of the molecule is Cc1cc(C)c(N=Cc2ccc(C=Nc3c(C)cc(C)cc3C)nn2)c(C)c1.Cc1cc(C)c(N=Cc2ccc(C=Nc3c(C)cc(C)cc3C)nn2)c(C)c1.F[B-](F)(F)F.F[B-](F)(F)F.[Ag+].[Ag+]. The standard InChI is InChI=1S/2C24H26N4.2Ag.2BF4/c2*1-15-9-17(3)23(18(4)10-15)25-13-21-7-8-22(28-27-21)14-26-24-19(5)11-16(2)12-20(24)6;;;2*2-1(3,4)5/h2*7-14H,1-6H3;;;;/q;;2*+1;2*-1. The molecular weight excluding hydrogens is 1080 g/mol. The Balaban J connectivity index is 0.000000553. The number of hydrogen-bond acceptors (Lipinski definition) is 8. The van der Waals surface area contributed by atoms with Crippen LogP contribution in [0.4, 0.5) is 57.3 Å². The fourth-order valence-electron chi connectivity index (χ4n) is 7.01. The Kier molecular flexibility index (Phi) is 24.7. The summed E-state index contributed by atoms with van der Waals surface area (Å²) in [7, 11) is -12.0. The monoisotopic (exact) mass is 1130 g/mol. The molecule has 0 N–H and O–H groups in total. The van der Waals surface area contributed by atoms with E-state index in [1.165, 1.54) is 22.3 Å². The molecule has 0 aliphatic carbocycles. The number of aryl methyl sites for hydroxylation is 12. The van der Waals surface area contributed by atoms with Gasteiger partial charge in [0, 0.05) is 0 Å².